The van der Waals surface area contributed by atoms with E-state index < -0.39 is 17.5 Å². The third-order valence-electron chi connectivity index (χ3n) is 2.85. The normalized spacial score (nSPS) is 11.6. The summed E-state index contributed by atoms with van der Waals surface area (Å²) in [5, 5.41) is 3.78. The zero-order valence-corrected chi connectivity index (χ0v) is 10.6. The Morgan fingerprint density at radius 2 is 1.90 bits per heavy atom. The summed E-state index contributed by atoms with van der Waals surface area (Å²) in [5.74, 6) is -1.85. The molecule has 0 amide bonds. The van der Waals surface area contributed by atoms with Crippen LogP contribution >= 0.6 is 0 Å². The second kappa shape index (κ2) is 5.90. The number of carbonyl (C=O) groups is 1. The van der Waals surface area contributed by atoms with Gasteiger partial charge in [0.2, 0.25) is 0 Å². The maximum absolute atomic E-state index is 12.2. The van der Waals surface area contributed by atoms with E-state index in [1.807, 2.05) is 30.3 Å². The maximum atomic E-state index is 12.2. The highest BCUT2D eigenvalue weighted by atomic mass is 19.4. The fourth-order valence-electron chi connectivity index (χ4n) is 1.86. The van der Waals surface area contributed by atoms with Gasteiger partial charge in [0.05, 0.1) is 11.8 Å². The molecular formula is C14H13F3N2O. The van der Waals surface area contributed by atoms with Crippen LogP contribution in [0, 0.1) is 0 Å². The van der Waals surface area contributed by atoms with Crippen molar-refractivity contribution in [2.45, 2.75) is 25.6 Å². The summed E-state index contributed by atoms with van der Waals surface area (Å²) < 4.78 is 38.1. The Labute approximate surface area is 114 Å². The minimum atomic E-state index is -4.85. The number of hydrogen-bond donors (Lipinski definition) is 0. The lowest BCUT2D eigenvalue weighted by atomic mass is 10.1. The number of aromatic nitrogens is 2. The zero-order chi connectivity index (χ0) is 14.6. The van der Waals surface area contributed by atoms with Gasteiger partial charge in [0.1, 0.15) is 0 Å². The largest absolute Gasteiger partial charge is 0.454 e. The Bertz CT molecular complexity index is 576. The van der Waals surface area contributed by atoms with Crippen LogP contribution in [-0.4, -0.2) is 21.7 Å². The quantitative estimate of drug-likeness (QED) is 0.789. The summed E-state index contributed by atoms with van der Waals surface area (Å²) in [7, 11) is 0. The number of nitrogens with zero attached hydrogens (tertiary/aromatic N) is 2. The molecule has 0 aliphatic heterocycles. The SMILES string of the molecule is O=C(c1cnn(CCCc2ccccc2)c1)C(F)(F)F. The maximum Gasteiger partial charge on any atom is 0.454 e. The fraction of sp³-hybridized carbons (Fsp3) is 0.286. The van der Waals surface area contributed by atoms with Gasteiger partial charge in [0.15, 0.2) is 0 Å². The summed E-state index contributed by atoms with van der Waals surface area (Å²) in [6, 6.07) is 9.77. The second-order valence-electron chi connectivity index (χ2n) is 4.41. The second-order valence-corrected chi connectivity index (χ2v) is 4.41. The number of Topliss-reactive ketones (excluding diaryl/α,β-unsaturated/α-hetero) is 1. The zero-order valence-electron chi connectivity index (χ0n) is 10.6. The van der Waals surface area contributed by atoms with Crippen molar-refractivity contribution in [3.8, 4) is 0 Å². The van der Waals surface area contributed by atoms with Crippen LogP contribution in [0.15, 0.2) is 42.7 Å². The first kappa shape index (κ1) is 14.3. The number of alkyl halides is 3. The van der Waals surface area contributed by atoms with Crippen molar-refractivity contribution in [1.82, 2.24) is 9.78 Å². The van der Waals surface area contributed by atoms with Gasteiger partial charge in [-0.15, -0.1) is 0 Å². The van der Waals surface area contributed by atoms with Crippen LogP contribution in [0.5, 0.6) is 0 Å². The van der Waals surface area contributed by atoms with Crippen molar-refractivity contribution >= 4 is 5.78 Å². The first-order valence-electron chi connectivity index (χ1n) is 6.15. The van der Waals surface area contributed by atoms with Crippen LogP contribution in [0.4, 0.5) is 13.2 Å². The molecule has 1 aromatic heterocycles. The number of hydrogen-bond acceptors (Lipinski definition) is 2. The molecule has 20 heavy (non-hydrogen) atoms. The summed E-state index contributed by atoms with van der Waals surface area (Å²) in [5.41, 5.74) is 0.739. The van der Waals surface area contributed by atoms with E-state index in [1.54, 1.807) is 0 Å². The van der Waals surface area contributed by atoms with Gasteiger partial charge in [0.25, 0.3) is 5.78 Å². The van der Waals surface area contributed by atoms with Gasteiger partial charge in [-0.3, -0.25) is 9.48 Å². The van der Waals surface area contributed by atoms with E-state index in [-0.39, 0.29) is 0 Å². The highest BCUT2D eigenvalue weighted by molar-refractivity contribution is 5.99. The molecule has 0 unspecified atom stereocenters. The van der Waals surface area contributed by atoms with Crippen LogP contribution in [0.25, 0.3) is 0 Å². The molecule has 3 nitrogen and oxygen atoms in total. The van der Waals surface area contributed by atoms with Crippen molar-refractivity contribution in [1.29, 1.82) is 0 Å². The van der Waals surface area contributed by atoms with Crippen LogP contribution in [0.1, 0.15) is 22.3 Å². The van der Waals surface area contributed by atoms with E-state index in [4.69, 9.17) is 0 Å². The topological polar surface area (TPSA) is 34.9 Å². The lowest BCUT2D eigenvalue weighted by Crippen LogP contribution is -2.22. The van der Waals surface area contributed by atoms with Crippen LogP contribution in [-0.2, 0) is 13.0 Å². The monoisotopic (exact) mass is 282 g/mol. The van der Waals surface area contributed by atoms with Gasteiger partial charge in [-0.25, -0.2) is 0 Å². The van der Waals surface area contributed by atoms with Crippen molar-refractivity contribution in [2.24, 2.45) is 0 Å². The smallest absolute Gasteiger partial charge is 0.284 e. The lowest BCUT2D eigenvalue weighted by molar-refractivity contribution is -0.0885. The van der Waals surface area contributed by atoms with Gasteiger partial charge in [-0.1, -0.05) is 30.3 Å². The number of aryl methyl sites for hydroxylation is 2. The molecular weight excluding hydrogens is 269 g/mol. The van der Waals surface area contributed by atoms with Crippen molar-refractivity contribution < 1.29 is 18.0 Å². The molecule has 0 saturated heterocycles. The third-order valence-corrected chi connectivity index (χ3v) is 2.85. The van der Waals surface area contributed by atoms with E-state index in [2.05, 4.69) is 5.10 Å². The Morgan fingerprint density at radius 3 is 2.55 bits per heavy atom. The molecule has 0 radical (unpaired) electrons. The number of carbonyl (C=O) groups excluding carboxylic acids is 1. The molecule has 6 heteroatoms. The van der Waals surface area contributed by atoms with E-state index in [1.165, 1.54) is 4.68 Å². The van der Waals surface area contributed by atoms with Crippen LogP contribution < -0.4 is 0 Å². The van der Waals surface area contributed by atoms with Gasteiger partial charge >= 0.3 is 6.18 Å². The molecule has 0 spiro atoms. The minimum Gasteiger partial charge on any atom is -0.284 e. The molecule has 106 valence electrons. The van der Waals surface area contributed by atoms with Crippen molar-refractivity contribution in [3.05, 3.63) is 53.9 Å². The van der Waals surface area contributed by atoms with E-state index >= 15 is 0 Å². The molecule has 0 atom stereocenters. The van der Waals surface area contributed by atoms with Gasteiger partial charge in [-0.05, 0) is 18.4 Å². The highest BCUT2D eigenvalue weighted by Gasteiger charge is 2.39. The van der Waals surface area contributed by atoms with E-state index in [0.717, 1.165) is 30.8 Å². The Morgan fingerprint density at radius 1 is 1.20 bits per heavy atom. The van der Waals surface area contributed by atoms with E-state index in [0.29, 0.717) is 6.54 Å². The van der Waals surface area contributed by atoms with Gasteiger partial charge in [-0.2, -0.15) is 18.3 Å². The summed E-state index contributed by atoms with van der Waals surface area (Å²) in [6.45, 7) is 0.472. The predicted octanol–water partition coefficient (Wildman–Crippen LogP) is 3.26. The minimum absolute atomic E-state index is 0.419. The predicted molar refractivity (Wildman–Crippen MR) is 67.4 cm³/mol. The first-order chi connectivity index (χ1) is 9.47. The first-order valence-corrected chi connectivity index (χ1v) is 6.15. The van der Waals surface area contributed by atoms with E-state index in [9.17, 15) is 18.0 Å². The number of halogens is 3. The van der Waals surface area contributed by atoms with Crippen molar-refractivity contribution in [2.75, 3.05) is 0 Å². The molecule has 0 fully saturated rings. The summed E-state index contributed by atoms with van der Waals surface area (Å²) in [4.78, 5) is 11.0. The average Bonchev–Trinajstić information content (AvgIpc) is 2.87. The summed E-state index contributed by atoms with van der Waals surface area (Å²) in [6.07, 6.45) is -1.20. The number of rotatable bonds is 5. The Balaban J connectivity index is 1.89. The van der Waals surface area contributed by atoms with Crippen molar-refractivity contribution in [3.63, 3.8) is 0 Å². The average molecular weight is 282 g/mol. The van der Waals surface area contributed by atoms with Gasteiger partial charge in [0, 0.05) is 12.7 Å². The molecule has 0 aliphatic carbocycles. The highest BCUT2D eigenvalue weighted by Crippen LogP contribution is 2.21. The Kier molecular flexibility index (Phi) is 4.22. The van der Waals surface area contributed by atoms with Crippen LogP contribution in [0.2, 0.25) is 0 Å². The molecule has 0 saturated carbocycles. The number of benzene rings is 1. The molecule has 1 aromatic carbocycles. The number of ketones is 1. The molecule has 0 N–H and O–H groups in total. The molecule has 0 bridgehead atoms. The summed E-state index contributed by atoms with van der Waals surface area (Å²) >= 11 is 0. The Hall–Kier alpha value is -2.11. The molecule has 1 heterocycles. The lowest BCUT2D eigenvalue weighted by Gasteiger charge is -2.03. The molecule has 0 aliphatic rings. The van der Waals surface area contributed by atoms with Crippen LogP contribution in [0.3, 0.4) is 0 Å². The molecule has 2 aromatic rings. The molecule has 2 rings (SSSR count). The third kappa shape index (κ3) is 3.69. The standard InChI is InChI=1S/C14H13F3N2O/c15-14(16,17)13(20)12-9-18-19(10-12)8-4-7-11-5-2-1-3-6-11/h1-3,5-6,9-10H,4,7-8H2. The van der Waals surface area contributed by atoms with Gasteiger partial charge < -0.3 is 0 Å². The fourth-order valence-corrected chi connectivity index (χ4v) is 1.86.